The van der Waals surface area contributed by atoms with Gasteiger partial charge in [0.1, 0.15) is 0 Å². The van der Waals surface area contributed by atoms with Gasteiger partial charge in [-0.2, -0.15) is 0 Å². The number of rotatable bonds is 10. The summed E-state index contributed by atoms with van der Waals surface area (Å²) in [7, 11) is 1.83. The Morgan fingerprint density at radius 3 is 2.43 bits per heavy atom. The fraction of sp³-hybridized carbons (Fsp3) is 0.941. The molecule has 0 radical (unpaired) electrons. The predicted octanol–water partition coefficient (Wildman–Crippen LogP) is 2.71. The van der Waals surface area contributed by atoms with Crippen molar-refractivity contribution in [2.24, 2.45) is 10.9 Å². The summed E-state index contributed by atoms with van der Waals surface area (Å²) >= 11 is 0. The Hall–Kier alpha value is -0.0800. The van der Waals surface area contributed by atoms with E-state index >= 15 is 0 Å². The molecule has 1 heterocycles. The van der Waals surface area contributed by atoms with E-state index in [2.05, 4.69) is 34.4 Å². The van der Waals surface area contributed by atoms with Crippen molar-refractivity contribution >= 4 is 29.9 Å². The fourth-order valence-electron chi connectivity index (χ4n) is 2.57. The van der Waals surface area contributed by atoms with E-state index in [9.17, 15) is 0 Å². The number of aliphatic imine (C=N–C) groups is 1. The third-order valence-corrected chi connectivity index (χ3v) is 4.22. The number of hydrogen-bond acceptors (Lipinski definition) is 3. The second-order valence-electron chi connectivity index (χ2n) is 6.27. The van der Waals surface area contributed by atoms with Crippen LogP contribution in [-0.2, 0) is 4.74 Å². The summed E-state index contributed by atoms with van der Waals surface area (Å²) in [5, 5.41) is 6.74. The summed E-state index contributed by atoms with van der Waals surface area (Å²) < 4.78 is 5.55. The van der Waals surface area contributed by atoms with E-state index in [-0.39, 0.29) is 24.0 Å². The maximum Gasteiger partial charge on any atom is 0.191 e. The van der Waals surface area contributed by atoms with Crippen LogP contribution in [0.1, 0.15) is 46.0 Å². The Bertz CT molecular complexity index is 294. The highest BCUT2D eigenvalue weighted by Gasteiger charge is 2.14. The van der Waals surface area contributed by atoms with Crippen LogP contribution in [0.4, 0.5) is 0 Å². The monoisotopic (exact) mass is 440 g/mol. The van der Waals surface area contributed by atoms with Gasteiger partial charge in [-0.3, -0.25) is 4.99 Å². The van der Waals surface area contributed by atoms with Gasteiger partial charge in [0.15, 0.2) is 5.96 Å². The molecule has 1 saturated heterocycles. The molecule has 0 amide bonds. The molecule has 0 bridgehead atoms. The van der Waals surface area contributed by atoms with Crippen molar-refractivity contribution in [3.05, 3.63) is 0 Å². The van der Waals surface area contributed by atoms with Gasteiger partial charge in [0.25, 0.3) is 0 Å². The largest absolute Gasteiger partial charge is 0.381 e. The molecule has 1 fully saturated rings. The van der Waals surface area contributed by atoms with E-state index in [1.165, 1.54) is 32.4 Å². The molecule has 0 saturated carbocycles. The van der Waals surface area contributed by atoms with Crippen molar-refractivity contribution in [3.8, 4) is 0 Å². The van der Waals surface area contributed by atoms with Gasteiger partial charge in [-0.05, 0) is 44.7 Å². The molecule has 2 N–H and O–H groups in total. The van der Waals surface area contributed by atoms with Crippen molar-refractivity contribution < 1.29 is 4.74 Å². The zero-order chi connectivity index (χ0) is 16.0. The summed E-state index contributed by atoms with van der Waals surface area (Å²) in [6.07, 6.45) is 6.06. The molecule has 5 nitrogen and oxygen atoms in total. The lowest BCUT2D eigenvalue weighted by Crippen LogP contribution is -2.43. The molecule has 1 rings (SSSR count). The second kappa shape index (κ2) is 15.4. The highest BCUT2D eigenvalue weighted by Crippen LogP contribution is 2.14. The number of nitrogens with one attached hydrogen (secondary N) is 2. The fourth-order valence-corrected chi connectivity index (χ4v) is 2.57. The summed E-state index contributed by atoms with van der Waals surface area (Å²) in [5.74, 6) is 1.80. The Morgan fingerprint density at radius 2 is 1.78 bits per heavy atom. The topological polar surface area (TPSA) is 48.9 Å². The van der Waals surface area contributed by atoms with Crippen LogP contribution in [0, 0.1) is 5.92 Å². The molecular formula is C17H37IN4O. The summed E-state index contributed by atoms with van der Waals surface area (Å²) in [6, 6.07) is 0. The van der Waals surface area contributed by atoms with Gasteiger partial charge in [-0.25, -0.2) is 0 Å². The van der Waals surface area contributed by atoms with Crippen molar-refractivity contribution in [1.29, 1.82) is 0 Å². The van der Waals surface area contributed by atoms with Gasteiger partial charge < -0.3 is 20.3 Å². The maximum atomic E-state index is 5.55. The summed E-state index contributed by atoms with van der Waals surface area (Å²) in [4.78, 5) is 6.81. The SMILES string of the molecule is CCCCOCCCNC(=NC)NCCN1CCC(C)CC1.I. The molecule has 0 spiro atoms. The molecule has 0 aromatic rings. The third-order valence-electron chi connectivity index (χ3n) is 4.22. The van der Waals surface area contributed by atoms with Gasteiger partial charge >= 0.3 is 0 Å². The predicted molar refractivity (Wildman–Crippen MR) is 110 cm³/mol. The molecule has 1 aliphatic heterocycles. The molecule has 0 atom stereocenters. The van der Waals surface area contributed by atoms with Crippen LogP contribution in [0.3, 0.4) is 0 Å². The van der Waals surface area contributed by atoms with Gasteiger partial charge in [0, 0.05) is 39.9 Å². The van der Waals surface area contributed by atoms with Crippen LogP contribution in [0.5, 0.6) is 0 Å². The molecule has 0 aromatic heterocycles. The number of piperidine rings is 1. The van der Waals surface area contributed by atoms with E-state index in [4.69, 9.17) is 4.74 Å². The number of halogens is 1. The second-order valence-corrected chi connectivity index (χ2v) is 6.27. The Morgan fingerprint density at radius 1 is 1.13 bits per heavy atom. The van der Waals surface area contributed by atoms with Crippen LogP contribution < -0.4 is 10.6 Å². The number of guanidine groups is 1. The number of likely N-dealkylation sites (tertiary alicyclic amines) is 1. The average Bonchev–Trinajstić information content (AvgIpc) is 2.54. The minimum atomic E-state index is 0. The summed E-state index contributed by atoms with van der Waals surface area (Å²) in [6.45, 7) is 11.7. The van der Waals surface area contributed by atoms with Gasteiger partial charge in [0.2, 0.25) is 0 Å². The maximum absolute atomic E-state index is 5.55. The number of hydrogen-bond donors (Lipinski definition) is 2. The van der Waals surface area contributed by atoms with Gasteiger partial charge in [-0.15, -0.1) is 24.0 Å². The van der Waals surface area contributed by atoms with E-state index < -0.39 is 0 Å². The lowest BCUT2D eigenvalue weighted by atomic mass is 9.99. The zero-order valence-corrected chi connectivity index (χ0v) is 17.6. The third kappa shape index (κ3) is 12.0. The quantitative estimate of drug-likeness (QED) is 0.237. The molecule has 23 heavy (non-hydrogen) atoms. The van der Waals surface area contributed by atoms with Crippen molar-refractivity contribution in [3.63, 3.8) is 0 Å². The van der Waals surface area contributed by atoms with Crippen LogP contribution in [0.2, 0.25) is 0 Å². The highest BCUT2D eigenvalue weighted by molar-refractivity contribution is 14.0. The minimum Gasteiger partial charge on any atom is -0.381 e. The molecule has 0 aliphatic carbocycles. The minimum absolute atomic E-state index is 0. The Kier molecular flexibility index (Phi) is 15.4. The zero-order valence-electron chi connectivity index (χ0n) is 15.3. The lowest BCUT2D eigenvalue weighted by Gasteiger charge is -2.30. The number of unbranched alkanes of at least 4 members (excludes halogenated alkanes) is 1. The molecule has 0 unspecified atom stereocenters. The number of nitrogens with zero attached hydrogens (tertiary/aromatic N) is 2. The van der Waals surface area contributed by atoms with Crippen LogP contribution in [0.15, 0.2) is 4.99 Å². The first-order chi connectivity index (χ1) is 10.8. The van der Waals surface area contributed by atoms with Crippen LogP contribution in [-0.4, -0.2) is 63.8 Å². The molecular weight excluding hydrogens is 403 g/mol. The number of ether oxygens (including phenoxy) is 1. The highest BCUT2D eigenvalue weighted by atomic mass is 127. The molecule has 6 heteroatoms. The van der Waals surface area contributed by atoms with Crippen LogP contribution >= 0.6 is 24.0 Å². The van der Waals surface area contributed by atoms with Crippen molar-refractivity contribution in [2.45, 2.75) is 46.0 Å². The first-order valence-corrected chi connectivity index (χ1v) is 9.00. The van der Waals surface area contributed by atoms with Gasteiger partial charge in [-0.1, -0.05) is 20.3 Å². The molecule has 138 valence electrons. The normalized spacial score (nSPS) is 16.9. The molecule has 1 aliphatic rings. The Balaban J connectivity index is 0.00000484. The first kappa shape index (κ1) is 22.9. The van der Waals surface area contributed by atoms with E-state index in [0.717, 1.165) is 57.6 Å². The van der Waals surface area contributed by atoms with E-state index in [1.54, 1.807) is 0 Å². The van der Waals surface area contributed by atoms with Crippen molar-refractivity contribution in [2.75, 3.05) is 53.0 Å². The summed E-state index contributed by atoms with van der Waals surface area (Å²) in [5.41, 5.74) is 0. The van der Waals surface area contributed by atoms with Gasteiger partial charge in [0.05, 0.1) is 0 Å². The van der Waals surface area contributed by atoms with E-state index in [1.807, 2.05) is 7.05 Å². The standard InChI is InChI=1S/C17H36N4O.HI/c1-4-5-14-22-15-6-9-19-17(18-3)20-10-13-21-11-7-16(2)8-12-21;/h16H,4-15H2,1-3H3,(H2,18,19,20);1H. The smallest absolute Gasteiger partial charge is 0.191 e. The molecule has 0 aromatic carbocycles. The van der Waals surface area contributed by atoms with Crippen LogP contribution in [0.25, 0.3) is 0 Å². The average molecular weight is 440 g/mol. The Labute approximate surface area is 160 Å². The van der Waals surface area contributed by atoms with E-state index in [0.29, 0.717) is 0 Å². The lowest BCUT2D eigenvalue weighted by molar-refractivity contribution is 0.129. The van der Waals surface area contributed by atoms with Crippen molar-refractivity contribution in [1.82, 2.24) is 15.5 Å². The first-order valence-electron chi connectivity index (χ1n) is 9.00.